The highest BCUT2D eigenvalue weighted by Gasteiger charge is 2.34. The first-order valence-electron chi connectivity index (χ1n) is 8.99. The summed E-state index contributed by atoms with van der Waals surface area (Å²) >= 11 is 0. The van der Waals surface area contributed by atoms with Gasteiger partial charge in [0.25, 0.3) is 5.91 Å². The van der Waals surface area contributed by atoms with Gasteiger partial charge in [0.15, 0.2) is 0 Å². The fourth-order valence-corrected chi connectivity index (χ4v) is 3.29. The molecule has 0 bridgehead atoms. The number of amides is 1. The molecule has 0 unspecified atom stereocenters. The Labute approximate surface area is 173 Å². The highest BCUT2D eigenvalue weighted by molar-refractivity contribution is 7.92. The van der Waals surface area contributed by atoms with Crippen molar-refractivity contribution in [3.05, 3.63) is 58.7 Å². The van der Waals surface area contributed by atoms with Crippen molar-refractivity contribution in [2.45, 2.75) is 39.6 Å². The molecule has 1 amide bonds. The van der Waals surface area contributed by atoms with E-state index in [-0.39, 0.29) is 35.2 Å². The first-order chi connectivity index (χ1) is 13.8. The summed E-state index contributed by atoms with van der Waals surface area (Å²) in [6, 6.07) is 7.91. The Morgan fingerprint density at radius 1 is 1.13 bits per heavy atom. The van der Waals surface area contributed by atoms with Crippen molar-refractivity contribution in [2.24, 2.45) is 0 Å². The molecule has 0 heterocycles. The lowest BCUT2D eigenvalue weighted by molar-refractivity contribution is -0.138. The highest BCUT2D eigenvalue weighted by atomic mass is 32.2. The molecule has 2 N–H and O–H groups in total. The second-order valence-corrected chi connectivity index (χ2v) is 8.82. The largest absolute Gasteiger partial charge is 0.491 e. The average Bonchev–Trinajstić information content (AvgIpc) is 2.59. The summed E-state index contributed by atoms with van der Waals surface area (Å²) < 4.78 is 70.8. The van der Waals surface area contributed by atoms with E-state index in [1.54, 1.807) is 26.8 Å². The van der Waals surface area contributed by atoms with Crippen LogP contribution in [0.5, 0.6) is 5.75 Å². The number of hydrogen-bond acceptors (Lipinski definition) is 4. The number of aryl methyl sites for hydroxylation is 1. The molecule has 0 aromatic heterocycles. The first kappa shape index (κ1) is 23.5. The second-order valence-electron chi connectivity index (χ2n) is 7.07. The molecular formula is C20H23F3N2O4S. The first-order valence-corrected chi connectivity index (χ1v) is 10.9. The predicted octanol–water partition coefficient (Wildman–Crippen LogP) is 4.10. The minimum atomic E-state index is -4.62. The lowest BCUT2D eigenvalue weighted by Gasteiger charge is -2.17. The number of rotatable bonds is 7. The summed E-state index contributed by atoms with van der Waals surface area (Å²) in [5.41, 5.74) is -0.0914. The molecule has 0 spiro atoms. The van der Waals surface area contributed by atoms with E-state index in [0.717, 1.165) is 12.3 Å². The van der Waals surface area contributed by atoms with Crippen LogP contribution in [0.2, 0.25) is 0 Å². The molecule has 10 heteroatoms. The molecular weight excluding hydrogens is 421 g/mol. The average molecular weight is 444 g/mol. The highest BCUT2D eigenvalue weighted by Crippen LogP contribution is 2.34. The quantitative estimate of drug-likeness (QED) is 0.673. The maximum Gasteiger partial charge on any atom is 0.416 e. The zero-order chi connectivity index (χ0) is 22.7. The van der Waals surface area contributed by atoms with E-state index in [1.807, 2.05) is 0 Å². The molecule has 0 aliphatic heterocycles. The van der Waals surface area contributed by atoms with Gasteiger partial charge in [-0.1, -0.05) is 12.1 Å². The molecule has 0 aliphatic carbocycles. The summed E-state index contributed by atoms with van der Waals surface area (Å²) in [4.78, 5) is 12.4. The summed E-state index contributed by atoms with van der Waals surface area (Å²) in [6.07, 6.45) is -3.93. The molecule has 0 saturated carbocycles. The smallest absolute Gasteiger partial charge is 0.416 e. The number of ether oxygens (including phenoxy) is 1. The monoisotopic (exact) mass is 444 g/mol. The van der Waals surface area contributed by atoms with Crippen LogP contribution in [0.3, 0.4) is 0 Å². The Bertz CT molecular complexity index is 1030. The van der Waals surface area contributed by atoms with Crippen LogP contribution < -0.4 is 14.8 Å². The van der Waals surface area contributed by atoms with E-state index in [4.69, 9.17) is 4.74 Å². The van der Waals surface area contributed by atoms with Gasteiger partial charge >= 0.3 is 6.18 Å². The number of anilines is 1. The minimum absolute atomic E-state index is 0.0856. The van der Waals surface area contributed by atoms with Gasteiger partial charge in [-0.15, -0.1) is 0 Å². The third kappa shape index (κ3) is 6.65. The van der Waals surface area contributed by atoms with E-state index in [2.05, 4.69) is 10.0 Å². The summed E-state index contributed by atoms with van der Waals surface area (Å²) in [6.45, 7) is 4.70. The molecule has 2 aromatic carbocycles. The molecule has 2 rings (SSSR count). The van der Waals surface area contributed by atoms with Crippen molar-refractivity contribution < 1.29 is 31.1 Å². The van der Waals surface area contributed by atoms with Gasteiger partial charge in [0.1, 0.15) is 5.75 Å². The summed E-state index contributed by atoms with van der Waals surface area (Å²) in [5.74, 6) is -0.551. The van der Waals surface area contributed by atoms with Crippen LogP contribution in [0, 0.1) is 6.92 Å². The Kier molecular flexibility index (Phi) is 7.02. The standard InChI is InChI=1S/C20H23F3N2O4S/c1-12(2)29-16-8-7-15(17(10-16)20(21,22)23)11-24-19(26)14-6-5-13(3)18(9-14)25-30(4,27)28/h5-10,12,25H,11H2,1-4H3,(H,24,26). The number of benzene rings is 2. The van der Waals surface area contributed by atoms with Gasteiger partial charge in [0.2, 0.25) is 10.0 Å². The van der Waals surface area contributed by atoms with Crippen LogP contribution in [0.1, 0.15) is 40.9 Å². The van der Waals surface area contributed by atoms with Crippen LogP contribution in [0.25, 0.3) is 0 Å². The van der Waals surface area contributed by atoms with Gasteiger partial charge in [-0.2, -0.15) is 13.2 Å². The number of nitrogens with one attached hydrogen (secondary N) is 2. The maximum atomic E-state index is 13.4. The summed E-state index contributed by atoms with van der Waals surface area (Å²) in [7, 11) is -3.55. The van der Waals surface area contributed by atoms with Crippen LogP contribution in [0.4, 0.5) is 18.9 Å². The lowest BCUT2D eigenvalue weighted by atomic mass is 10.1. The molecule has 0 fully saturated rings. The van der Waals surface area contributed by atoms with Crippen molar-refractivity contribution in [3.63, 3.8) is 0 Å². The van der Waals surface area contributed by atoms with Crippen LogP contribution in [-0.4, -0.2) is 26.7 Å². The second kappa shape index (κ2) is 8.95. The normalized spacial score (nSPS) is 12.0. The van der Waals surface area contributed by atoms with Crippen LogP contribution >= 0.6 is 0 Å². The summed E-state index contributed by atoms with van der Waals surface area (Å²) in [5, 5.41) is 2.44. The Hall–Kier alpha value is -2.75. The van der Waals surface area contributed by atoms with E-state index in [1.165, 1.54) is 24.3 Å². The fourth-order valence-electron chi connectivity index (χ4n) is 2.67. The lowest BCUT2D eigenvalue weighted by Crippen LogP contribution is -2.25. The third-order valence-electron chi connectivity index (χ3n) is 3.99. The van der Waals surface area contributed by atoms with Crippen molar-refractivity contribution in [1.29, 1.82) is 0 Å². The van der Waals surface area contributed by atoms with Gasteiger partial charge in [0, 0.05) is 12.1 Å². The van der Waals surface area contributed by atoms with E-state index in [9.17, 15) is 26.4 Å². The number of alkyl halides is 3. The van der Waals surface area contributed by atoms with Gasteiger partial charge in [-0.25, -0.2) is 8.42 Å². The van der Waals surface area contributed by atoms with Crippen molar-refractivity contribution >= 4 is 21.6 Å². The number of sulfonamides is 1. The molecule has 164 valence electrons. The maximum absolute atomic E-state index is 13.4. The van der Waals surface area contributed by atoms with Crippen LogP contribution in [0.15, 0.2) is 36.4 Å². The van der Waals surface area contributed by atoms with Crippen molar-refractivity contribution in [3.8, 4) is 5.75 Å². The SMILES string of the molecule is Cc1ccc(C(=O)NCc2ccc(OC(C)C)cc2C(F)(F)F)cc1NS(C)(=O)=O. The molecule has 2 aromatic rings. The fraction of sp³-hybridized carbons (Fsp3) is 0.350. The molecule has 6 nitrogen and oxygen atoms in total. The molecule has 0 aliphatic rings. The molecule has 0 radical (unpaired) electrons. The van der Waals surface area contributed by atoms with Crippen molar-refractivity contribution in [1.82, 2.24) is 5.32 Å². The van der Waals surface area contributed by atoms with Gasteiger partial charge in [-0.05, 0) is 56.2 Å². The van der Waals surface area contributed by atoms with Crippen LogP contribution in [-0.2, 0) is 22.7 Å². The zero-order valence-corrected chi connectivity index (χ0v) is 17.7. The van der Waals surface area contributed by atoms with Gasteiger partial charge < -0.3 is 10.1 Å². The minimum Gasteiger partial charge on any atom is -0.491 e. The predicted molar refractivity (Wildman–Crippen MR) is 108 cm³/mol. The van der Waals surface area contributed by atoms with E-state index >= 15 is 0 Å². The van der Waals surface area contributed by atoms with E-state index < -0.39 is 27.7 Å². The Morgan fingerprint density at radius 2 is 1.80 bits per heavy atom. The topological polar surface area (TPSA) is 84.5 Å². The molecule has 0 saturated heterocycles. The Balaban J connectivity index is 2.22. The molecule has 0 atom stereocenters. The number of halogens is 3. The Morgan fingerprint density at radius 3 is 2.37 bits per heavy atom. The third-order valence-corrected chi connectivity index (χ3v) is 4.58. The molecule has 30 heavy (non-hydrogen) atoms. The number of hydrogen-bond donors (Lipinski definition) is 2. The number of carbonyl (C=O) groups excluding carboxylic acids is 1. The number of carbonyl (C=O) groups is 1. The van der Waals surface area contributed by atoms with E-state index in [0.29, 0.717) is 5.56 Å². The van der Waals surface area contributed by atoms with Gasteiger partial charge in [-0.3, -0.25) is 9.52 Å². The zero-order valence-electron chi connectivity index (χ0n) is 16.9. The van der Waals surface area contributed by atoms with Gasteiger partial charge in [0.05, 0.1) is 23.6 Å². The van der Waals surface area contributed by atoms with Crippen molar-refractivity contribution in [2.75, 3.05) is 11.0 Å².